The molecular formula is C19H27FN2O. The van der Waals surface area contributed by atoms with Crippen LogP contribution >= 0.6 is 0 Å². The second kappa shape index (κ2) is 7.26. The number of piperazine rings is 1. The van der Waals surface area contributed by atoms with Gasteiger partial charge in [0.05, 0.1) is 0 Å². The monoisotopic (exact) mass is 318 g/mol. The van der Waals surface area contributed by atoms with Crippen molar-refractivity contribution in [3.8, 4) is 0 Å². The number of benzene rings is 1. The summed E-state index contributed by atoms with van der Waals surface area (Å²) in [5.74, 6) is -0.293. The third-order valence-corrected chi connectivity index (χ3v) is 3.97. The zero-order valence-electron chi connectivity index (χ0n) is 14.6. The molecule has 1 saturated heterocycles. The van der Waals surface area contributed by atoms with Crippen LogP contribution in [0.1, 0.15) is 33.3 Å². The van der Waals surface area contributed by atoms with Gasteiger partial charge in [-0.3, -0.25) is 9.69 Å². The molecule has 0 saturated carbocycles. The van der Waals surface area contributed by atoms with Gasteiger partial charge in [-0.05, 0) is 24.5 Å². The lowest BCUT2D eigenvalue weighted by atomic mass is 9.96. The quantitative estimate of drug-likeness (QED) is 0.797. The van der Waals surface area contributed by atoms with E-state index >= 15 is 0 Å². The van der Waals surface area contributed by atoms with Crippen LogP contribution in [0, 0.1) is 11.2 Å². The van der Waals surface area contributed by atoms with Crippen molar-refractivity contribution in [2.24, 2.45) is 5.41 Å². The Kier molecular flexibility index (Phi) is 5.58. The molecule has 0 aliphatic carbocycles. The van der Waals surface area contributed by atoms with E-state index in [1.807, 2.05) is 4.90 Å². The number of nitrogens with zero attached hydrogens (tertiary/aromatic N) is 2. The third-order valence-electron chi connectivity index (χ3n) is 3.97. The smallest absolute Gasteiger partial charge is 0.249 e. The Balaban J connectivity index is 1.96. The molecule has 1 heterocycles. The van der Waals surface area contributed by atoms with Crippen LogP contribution in [0.25, 0.3) is 6.08 Å². The average molecular weight is 318 g/mol. The lowest BCUT2D eigenvalue weighted by Gasteiger charge is -2.38. The molecule has 0 spiro atoms. The topological polar surface area (TPSA) is 23.6 Å². The summed E-state index contributed by atoms with van der Waals surface area (Å²) < 4.78 is 13.7. The van der Waals surface area contributed by atoms with E-state index in [-0.39, 0.29) is 17.1 Å². The van der Waals surface area contributed by atoms with E-state index in [2.05, 4.69) is 25.7 Å². The van der Waals surface area contributed by atoms with Gasteiger partial charge >= 0.3 is 0 Å². The third kappa shape index (κ3) is 5.17. The van der Waals surface area contributed by atoms with Gasteiger partial charge < -0.3 is 4.90 Å². The van der Waals surface area contributed by atoms with Crippen molar-refractivity contribution in [1.29, 1.82) is 0 Å². The lowest BCUT2D eigenvalue weighted by molar-refractivity contribution is -0.128. The van der Waals surface area contributed by atoms with Crippen molar-refractivity contribution in [2.75, 3.05) is 32.7 Å². The Hall–Kier alpha value is -1.68. The first-order valence-electron chi connectivity index (χ1n) is 8.21. The van der Waals surface area contributed by atoms with Gasteiger partial charge in [0.25, 0.3) is 0 Å². The summed E-state index contributed by atoms with van der Waals surface area (Å²) in [6.45, 7) is 12.7. The van der Waals surface area contributed by atoms with Crippen molar-refractivity contribution in [2.45, 2.75) is 27.7 Å². The molecule has 0 atom stereocenters. The molecule has 0 aromatic heterocycles. The van der Waals surface area contributed by atoms with E-state index in [1.165, 1.54) is 6.07 Å². The molecule has 4 heteroatoms. The van der Waals surface area contributed by atoms with Crippen molar-refractivity contribution in [1.82, 2.24) is 9.80 Å². The summed E-state index contributed by atoms with van der Waals surface area (Å²) in [5.41, 5.74) is 1.32. The average Bonchev–Trinajstić information content (AvgIpc) is 2.48. The molecule has 1 amide bonds. The van der Waals surface area contributed by atoms with Gasteiger partial charge in [0.2, 0.25) is 5.91 Å². The highest BCUT2D eigenvalue weighted by Crippen LogP contribution is 2.18. The predicted octanol–water partition coefficient (Wildman–Crippen LogP) is 3.42. The summed E-state index contributed by atoms with van der Waals surface area (Å²) >= 11 is 0. The number of hydrogen-bond donors (Lipinski definition) is 0. The maximum Gasteiger partial charge on any atom is 0.249 e. The Morgan fingerprint density at radius 2 is 1.78 bits per heavy atom. The van der Waals surface area contributed by atoms with E-state index in [4.69, 9.17) is 0 Å². The standard InChI is InChI=1S/C19H27FN2O/c1-15(13-16-7-5-6-8-17(16)20)18(23)22-11-9-21(10-12-22)14-19(2,3)4/h5-8,13H,9-12,14H2,1-4H3/b15-13+. The molecule has 1 aromatic rings. The molecule has 126 valence electrons. The van der Waals surface area contributed by atoms with Crippen LogP contribution in [0.5, 0.6) is 0 Å². The molecule has 1 aliphatic heterocycles. The number of amides is 1. The van der Waals surface area contributed by atoms with E-state index in [9.17, 15) is 9.18 Å². The molecule has 1 aromatic carbocycles. The van der Waals surface area contributed by atoms with Gasteiger partial charge in [0, 0.05) is 43.9 Å². The van der Waals surface area contributed by atoms with Crippen molar-refractivity contribution in [3.05, 3.63) is 41.2 Å². The maximum absolute atomic E-state index is 13.7. The summed E-state index contributed by atoms with van der Waals surface area (Å²) in [7, 11) is 0. The summed E-state index contributed by atoms with van der Waals surface area (Å²) in [4.78, 5) is 16.8. The van der Waals surface area contributed by atoms with E-state index in [1.54, 1.807) is 31.2 Å². The SMILES string of the molecule is C/C(=C\c1ccccc1F)C(=O)N1CCN(CC(C)(C)C)CC1. The number of hydrogen-bond acceptors (Lipinski definition) is 2. The van der Waals surface area contributed by atoms with Gasteiger partial charge in [0.15, 0.2) is 0 Å². The molecule has 0 unspecified atom stereocenters. The zero-order valence-corrected chi connectivity index (χ0v) is 14.6. The van der Waals surface area contributed by atoms with Gasteiger partial charge in [-0.2, -0.15) is 0 Å². The number of carbonyl (C=O) groups excluding carboxylic acids is 1. The summed E-state index contributed by atoms with van der Waals surface area (Å²) in [6.07, 6.45) is 1.64. The Morgan fingerprint density at radius 3 is 2.35 bits per heavy atom. The molecule has 0 bridgehead atoms. The van der Waals surface area contributed by atoms with Crippen LogP contribution in [0.2, 0.25) is 0 Å². The molecule has 2 rings (SSSR count). The van der Waals surface area contributed by atoms with E-state index in [0.717, 1.165) is 32.7 Å². The van der Waals surface area contributed by atoms with Crippen LogP contribution in [0.15, 0.2) is 29.8 Å². The second-order valence-electron chi connectivity index (χ2n) is 7.48. The molecule has 1 fully saturated rings. The van der Waals surface area contributed by atoms with Gasteiger partial charge in [0.1, 0.15) is 5.82 Å². The highest BCUT2D eigenvalue weighted by Gasteiger charge is 2.24. The van der Waals surface area contributed by atoms with Crippen LogP contribution < -0.4 is 0 Å². The minimum Gasteiger partial charge on any atom is -0.336 e. The van der Waals surface area contributed by atoms with Crippen molar-refractivity contribution in [3.63, 3.8) is 0 Å². The molecule has 23 heavy (non-hydrogen) atoms. The van der Waals surface area contributed by atoms with Crippen LogP contribution in [0.4, 0.5) is 4.39 Å². The Morgan fingerprint density at radius 1 is 1.17 bits per heavy atom. The molecule has 3 nitrogen and oxygen atoms in total. The van der Waals surface area contributed by atoms with Crippen LogP contribution in [-0.2, 0) is 4.79 Å². The Labute approximate surface area is 138 Å². The molecular weight excluding hydrogens is 291 g/mol. The summed E-state index contributed by atoms with van der Waals surface area (Å²) in [6, 6.07) is 6.53. The fraction of sp³-hybridized carbons (Fsp3) is 0.526. The molecule has 0 radical (unpaired) electrons. The molecule has 0 N–H and O–H groups in total. The van der Waals surface area contributed by atoms with Crippen molar-refractivity contribution < 1.29 is 9.18 Å². The maximum atomic E-state index is 13.7. The van der Waals surface area contributed by atoms with Crippen LogP contribution in [-0.4, -0.2) is 48.4 Å². The minimum atomic E-state index is -0.297. The predicted molar refractivity (Wildman–Crippen MR) is 92.5 cm³/mol. The van der Waals surface area contributed by atoms with Gasteiger partial charge in [-0.25, -0.2) is 4.39 Å². The normalized spacial score (nSPS) is 17.4. The van der Waals surface area contributed by atoms with Crippen LogP contribution in [0.3, 0.4) is 0 Å². The van der Waals surface area contributed by atoms with Crippen molar-refractivity contribution >= 4 is 12.0 Å². The number of carbonyl (C=O) groups is 1. The second-order valence-corrected chi connectivity index (χ2v) is 7.48. The lowest BCUT2D eigenvalue weighted by Crippen LogP contribution is -2.50. The first kappa shape index (κ1) is 17.7. The first-order valence-corrected chi connectivity index (χ1v) is 8.21. The first-order chi connectivity index (χ1) is 10.8. The molecule has 1 aliphatic rings. The summed E-state index contributed by atoms with van der Waals surface area (Å²) in [5, 5.41) is 0. The van der Waals surface area contributed by atoms with E-state index < -0.39 is 0 Å². The highest BCUT2D eigenvalue weighted by molar-refractivity contribution is 5.97. The minimum absolute atomic E-state index is 0.00339. The Bertz CT molecular complexity index is 581. The van der Waals surface area contributed by atoms with Gasteiger partial charge in [-0.15, -0.1) is 0 Å². The fourth-order valence-corrected chi connectivity index (χ4v) is 2.92. The highest BCUT2D eigenvalue weighted by atomic mass is 19.1. The van der Waals surface area contributed by atoms with E-state index in [0.29, 0.717) is 11.1 Å². The van der Waals surface area contributed by atoms with Gasteiger partial charge in [-0.1, -0.05) is 39.0 Å². The number of rotatable bonds is 3. The largest absolute Gasteiger partial charge is 0.336 e. The zero-order chi connectivity index (χ0) is 17.0. The number of halogens is 1. The fourth-order valence-electron chi connectivity index (χ4n) is 2.92.